The van der Waals surface area contributed by atoms with Gasteiger partial charge in [-0.3, -0.25) is 14.7 Å². The first-order chi connectivity index (χ1) is 12.5. The number of hydrogen-bond acceptors (Lipinski definition) is 5. The van der Waals surface area contributed by atoms with Crippen LogP contribution in [0.4, 0.5) is 5.69 Å². The second kappa shape index (κ2) is 6.10. The summed E-state index contributed by atoms with van der Waals surface area (Å²) in [4.78, 5) is 27.9. The minimum atomic E-state index is -0.435. The minimum Gasteiger partial charge on any atom is -0.385 e. The van der Waals surface area contributed by atoms with E-state index in [0.717, 1.165) is 12.8 Å². The van der Waals surface area contributed by atoms with Gasteiger partial charge in [0.1, 0.15) is 11.9 Å². The largest absolute Gasteiger partial charge is 0.385 e. The number of nitro benzene ring substituents is 1. The normalized spacial score (nSPS) is 13.8. The third-order valence-electron chi connectivity index (χ3n) is 4.66. The Morgan fingerprint density at radius 1 is 1.27 bits per heavy atom. The van der Waals surface area contributed by atoms with E-state index in [-0.39, 0.29) is 17.4 Å². The van der Waals surface area contributed by atoms with Gasteiger partial charge in [0, 0.05) is 28.6 Å². The van der Waals surface area contributed by atoms with Gasteiger partial charge in [0.25, 0.3) is 5.69 Å². The predicted molar refractivity (Wildman–Crippen MR) is 97.6 cm³/mol. The van der Waals surface area contributed by atoms with Crippen molar-refractivity contribution < 1.29 is 9.21 Å². The summed E-state index contributed by atoms with van der Waals surface area (Å²) in [6, 6.07) is 10.0. The van der Waals surface area contributed by atoms with Crippen molar-refractivity contribution in [1.82, 2.24) is 9.55 Å². The van der Waals surface area contributed by atoms with Gasteiger partial charge in [0.2, 0.25) is 0 Å². The van der Waals surface area contributed by atoms with E-state index >= 15 is 0 Å². The zero-order valence-corrected chi connectivity index (χ0v) is 14.6. The van der Waals surface area contributed by atoms with E-state index < -0.39 is 4.92 Å². The molecule has 0 saturated heterocycles. The smallest absolute Gasteiger partial charge is 0.348 e. The van der Waals surface area contributed by atoms with Crippen molar-refractivity contribution in [3.05, 3.63) is 62.6 Å². The van der Waals surface area contributed by atoms with Gasteiger partial charge in [-0.05, 0) is 38.0 Å². The number of fused-ring (bicyclic) bond motifs is 1. The first-order valence-corrected chi connectivity index (χ1v) is 8.42. The molecule has 0 spiro atoms. The molecule has 0 bridgehead atoms. The molecule has 1 fully saturated rings. The van der Waals surface area contributed by atoms with Gasteiger partial charge in [0.05, 0.1) is 16.1 Å². The SMILES string of the molecule is Cc1c([N+](=O)[O-])ccc2c1c(-c1ccccc1OCl)nc(=O)n2C1CC1. The van der Waals surface area contributed by atoms with Crippen LogP contribution in [-0.2, 0) is 0 Å². The monoisotopic (exact) mass is 371 g/mol. The van der Waals surface area contributed by atoms with Crippen molar-refractivity contribution in [3.8, 4) is 17.0 Å². The molecule has 7 nitrogen and oxygen atoms in total. The molecule has 0 N–H and O–H groups in total. The summed E-state index contributed by atoms with van der Waals surface area (Å²) in [7, 11) is 0. The Morgan fingerprint density at radius 3 is 2.65 bits per heavy atom. The van der Waals surface area contributed by atoms with E-state index in [4.69, 9.17) is 16.2 Å². The van der Waals surface area contributed by atoms with Crippen molar-refractivity contribution in [2.24, 2.45) is 0 Å². The first kappa shape index (κ1) is 16.5. The Labute approximate surface area is 153 Å². The maximum Gasteiger partial charge on any atom is 0.348 e. The van der Waals surface area contributed by atoms with Gasteiger partial charge in [-0.15, -0.1) is 0 Å². The molecule has 1 heterocycles. The summed E-state index contributed by atoms with van der Waals surface area (Å²) in [6.45, 7) is 1.66. The average molecular weight is 372 g/mol. The third kappa shape index (κ3) is 2.52. The Kier molecular flexibility index (Phi) is 3.88. The maximum atomic E-state index is 12.7. The molecule has 1 aliphatic carbocycles. The van der Waals surface area contributed by atoms with E-state index in [1.165, 1.54) is 6.07 Å². The van der Waals surface area contributed by atoms with Crippen molar-refractivity contribution in [1.29, 1.82) is 0 Å². The summed E-state index contributed by atoms with van der Waals surface area (Å²) in [5.41, 5.74) is 1.53. The standard InChI is InChI=1S/C18H14ClN3O4/c1-10-13(22(24)25)8-9-14-16(10)17(12-4-2-3-5-15(12)26-19)20-18(23)21(14)11-6-7-11/h2-5,8-9,11H,6-7H2,1H3. The summed E-state index contributed by atoms with van der Waals surface area (Å²) in [5, 5.41) is 12.0. The predicted octanol–water partition coefficient (Wildman–Crippen LogP) is 4.15. The fourth-order valence-electron chi connectivity index (χ4n) is 3.30. The van der Waals surface area contributed by atoms with Crippen LogP contribution in [0.3, 0.4) is 0 Å². The Bertz CT molecular complexity index is 1110. The van der Waals surface area contributed by atoms with Gasteiger partial charge >= 0.3 is 5.69 Å². The van der Waals surface area contributed by atoms with Crippen LogP contribution in [0.15, 0.2) is 41.2 Å². The Hall–Kier alpha value is -2.93. The summed E-state index contributed by atoms with van der Waals surface area (Å²) >= 11 is 5.57. The molecule has 4 rings (SSSR count). The van der Waals surface area contributed by atoms with Gasteiger partial charge in [-0.1, -0.05) is 12.1 Å². The van der Waals surface area contributed by atoms with Gasteiger partial charge < -0.3 is 4.29 Å². The first-order valence-electron chi connectivity index (χ1n) is 8.11. The highest BCUT2D eigenvalue weighted by atomic mass is 35.5. The van der Waals surface area contributed by atoms with Crippen molar-refractivity contribution in [2.75, 3.05) is 0 Å². The highest BCUT2D eigenvalue weighted by molar-refractivity contribution is 6.10. The lowest BCUT2D eigenvalue weighted by Crippen LogP contribution is -2.23. The second-order valence-corrected chi connectivity index (χ2v) is 6.43. The molecule has 0 amide bonds. The van der Waals surface area contributed by atoms with Crippen LogP contribution in [0.5, 0.6) is 5.75 Å². The molecule has 1 saturated carbocycles. The highest BCUT2D eigenvalue weighted by Crippen LogP contribution is 2.41. The second-order valence-electron chi connectivity index (χ2n) is 6.28. The number of aromatic nitrogens is 2. The molecule has 0 unspecified atom stereocenters. The van der Waals surface area contributed by atoms with Crippen LogP contribution in [0.2, 0.25) is 0 Å². The Balaban J connectivity index is 2.16. The van der Waals surface area contributed by atoms with E-state index in [1.807, 2.05) is 0 Å². The lowest BCUT2D eigenvalue weighted by atomic mass is 10.0. The molecule has 0 aliphatic heterocycles. The third-order valence-corrected chi connectivity index (χ3v) is 4.82. The lowest BCUT2D eigenvalue weighted by molar-refractivity contribution is -0.385. The van der Waals surface area contributed by atoms with E-state index in [2.05, 4.69) is 4.98 Å². The lowest BCUT2D eigenvalue weighted by Gasteiger charge is -2.15. The molecule has 1 aromatic heterocycles. The molecule has 0 atom stereocenters. The van der Waals surface area contributed by atoms with Gasteiger partial charge in [0.15, 0.2) is 5.75 Å². The zero-order valence-electron chi connectivity index (χ0n) is 13.8. The van der Waals surface area contributed by atoms with Crippen molar-refractivity contribution in [3.63, 3.8) is 0 Å². The van der Waals surface area contributed by atoms with Gasteiger partial charge in [-0.25, -0.2) is 4.79 Å². The van der Waals surface area contributed by atoms with Crippen molar-refractivity contribution >= 4 is 28.5 Å². The van der Waals surface area contributed by atoms with E-state index in [1.54, 1.807) is 41.8 Å². The van der Waals surface area contributed by atoms with E-state index in [0.29, 0.717) is 33.5 Å². The molecule has 1 aliphatic rings. The van der Waals surface area contributed by atoms with Gasteiger partial charge in [-0.2, -0.15) is 4.98 Å². The number of aryl methyl sites for hydroxylation is 1. The van der Waals surface area contributed by atoms with Crippen LogP contribution >= 0.6 is 11.9 Å². The number of para-hydroxylation sites is 1. The van der Waals surface area contributed by atoms with E-state index in [9.17, 15) is 14.9 Å². The van der Waals surface area contributed by atoms with Crippen LogP contribution in [0.1, 0.15) is 24.4 Å². The molecule has 132 valence electrons. The number of halogens is 1. The molecule has 3 aromatic rings. The molecular weight excluding hydrogens is 358 g/mol. The minimum absolute atomic E-state index is 0.0224. The number of nitrogens with zero attached hydrogens (tertiary/aromatic N) is 3. The topological polar surface area (TPSA) is 87.3 Å². The fraction of sp³-hybridized carbons (Fsp3) is 0.222. The highest BCUT2D eigenvalue weighted by Gasteiger charge is 2.29. The molecular formula is C18H14ClN3O4. The molecule has 26 heavy (non-hydrogen) atoms. The Morgan fingerprint density at radius 2 is 2.00 bits per heavy atom. The zero-order chi connectivity index (χ0) is 18.4. The number of rotatable bonds is 4. The van der Waals surface area contributed by atoms with Crippen LogP contribution in [0.25, 0.3) is 22.2 Å². The molecule has 2 aromatic carbocycles. The van der Waals surface area contributed by atoms with Crippen molar-refractivity contribution in [2.45, 2.75) is 25.8 Å². The number of nitro groups is 1. The quantitative estimate of drug-likeness (QED) is 0.508. The average Bonchev–Trinajstić information content (AvgIpc) is 3.45. The van der Waals surface area contributed by atoms with Crippen LogP contribution in [0, 0.1) is 17.0 Å². The summed E-state index contributed by atoms with van der Waals surface area (Å²) < 4.78 is 6.51. The number of hydrogen-bond donors (Lipinski definition) is 0. The summed E-state index contributed by atoms with van der Waals surface area (Å²) in [6.07, 6.45) is 1.79. The number of benzene rings is 2. The molecule has 0 radical (unpaired) electrons. The summed E-state index contributed by atoms with van der Waals surface area (Å²) in [5.74, 6) is 0.331. The fourth-order valence-corrected chi connectivity index (χ4v) is 3.44. The maximum absolute atomic E-state index is 12.7. The van der Waals surface area contributed by atoms with Crippen LogP contribution < -0.4 is 9.98 Å². The van der Waals surface area contributed by atoms with Crippen LogP contribution in [-0.4, -0.2) is 14.5 Å². The molecule has 8 heteroatoms.